The van der Waals surface area contributed by atoms with Crippen LogP contribution in [0.25, 0.3) is 16.9 Å². The molecule has 2 aromatic heterocycles. The smallest absolute Gasteiger partial charge is 0.157 e. The van der Waals surface area contributed by atoms with Gasteiger partial charge >= 0.3 is 0 Å². The SMILES string of the molecule is CC(C)Oc1ccc(-c2cnc3cncc(N4CCC(O)CC4)n23)cc1. The first-order chi connectivity index (χ1) is 12.6. The molecule has 1 aliphatic rings. The lowest BCUT2D eigenvalue weighted by molar-refractivity contribution is 0.145. The summed E-state index contributed by atoms with van der Waals surface area (Å²) in [5.41, 5.74) is 2.93. The van der Waals surface area contributed by atoms with E-state index in [9.17, 15) is 5.11 Å². The zero-order valence-corrected chi connectivity index (χ0v) is 15.2. The summed E-state index contributed by atoms with van der Waals surface area (Å²) in [5.74, 6) is 1.88. The van der Waals surface area contributed by atoms with Gasteiger partial charge in [0.1, 0.15) is 11.6 Å². The van der Waals surface area contributed by atoms with Crippen LogP contribution in [0.2, 0.25) is 0 Å². The number of aromatic nitrogens is 3. The fourth-order valence-electron chi connectivity index (χ4n) is 3.42. The topological polar surface area (TPSA) is 62.9 Å². The standard InChI is InChI=1S/C20H24N4O2/c1-14(2)26-17-5-3-15(4-6-17)18-11-22-19-12-21-13-20(24(18)19)23-9-7-16(25)8-10-23/h3-6,11-14,16,25H,7-10H2,1-2H3. The second kappa shape index (κ2) is 6.96. The molecule has 0 atom stereocenters. The van der Waals surface area contributed by atoms with Crippen molar-refractivity contribution in [2.24, 2.45) is 0 Å². The van der Waals surface area contributed by atoms with Crippen LogP contribution in [0.15, 0.2) is 42.9 Å². The number of hydrogen-bond donors (Lipinski definition) is 1. The van der Waals surface area contributed by atoms with Crippen molar-refractivity contribution < 1.29 is 9.84 Å². The number of piperidine rings is 1. The first-order valence-corrected chi connectivity index (χ1v) is 9.13. The third-order valence-electron chi connectivity index (χ3n) is 4.71. The number of aliphatic hydroxyl groups excluding tert-OH is 1. The summed E-state index contributed by atoms with van der Waals surface area (Å²) in [6, 6.07) is 8.11. The maximum atomic E-state index is 9.79. The number of nitrogens with zero attached hydrogens (tertiary/aromatic N) is 4. The van der Waals surface area contributed by atoms with Crippen molar-refractivity contribution in [3.8, 4) is 17.0 Å². The van der Waals surface area contributed by atoms with E-state index in [1.165, 1.54) is 0 Å². The van der Waals surface area contributed by atoms with E-state index in [0.717, 1.165) is 54.4 Å². The van der Waals surface area contributed by atoms with E-state index in [1.54, 1.807) is 6.20 Å². The van der Waals surface area contributed by atoms with E-state index in [0.29, 0.717) is 0 Å². The number of aliphatic hydroxyl groups is 1. The molecular formula is C20H24N4O2. The third kappa shape index (κ3) is 3.24. The molecular weight excluding hydrogens is 328 g/mol. The first kappa shape index (κ1) is 16.8. The Labute approximate surface area is 153 Å². The molecule has 1 saturated heterocycles. The molecule has 4 rings (SSSR count). The highest BCUT2D eigenvalue weighted by atomic mass is 16.5. The summed E-state index contributed by atoms with van der Waals surface area (Å²) in [5, 5.41) is 9.79. The summed E-state index contributed by atoms with van der Waals surface area (Å²) < 4.78 is 7.88. The molecule has 1 aliphatic heterocycles. The quantitative estimate of drug-likeness (QED) is 0.781. The zero-order valence-electron chi connectivity index (χ0n) is 15.2. The minimum absolute atomic E-state index is 0.156. The molecule has 1 aromatic carbocycles. The molecule has 0 saturated carbocycles. The van der Waals surface area contributed by atoms with Crippen LogP contribution in [-0.2, 0) is 0 Å². The van der Waals surface area contributed by atoms with Crippen molar-refractivity contribution in [2.45, 2.75) is 38.9 Å². The summed E-state index contributed by atoms with van der Waals surface area (Å²) in [4.78, 5) is 11.2. The van der Waals surface area contributed by atoms with E-state index in [4.69, 9.17) is 4.74 Å². The molecule has 0 spiro atoms. The lowest BCUT2D eigenvalue weighted by Gasteiger charge is -2.31. The van der Waals surface area contributed by atoms with Gasteiger partial charge in [-0.2, -0.15) is 0 Å². The van der Waals surface area contributed by atoms with Gasteiger partial charge in [-0.3, -0.25) is 9.38 Å². The van der Waals surface area contributed by atoms with Crippen molar-refractivity contribution >= 4 is 11.5 Å². The highest BCUT2D eigenvalue weighted by molar-refractivity contribution is 5.67. The van der Waals surface area contributed by atoms with Crippen molar-refractivity contribution in [3.05, 3.63) is 42.9 Å². The van der Waals surface area contributed by atoms with E-state index < -0.39 is 0 Å². The molecule has 1 N–H and O–H groups in total. The molecule has 136 valence electrons. The Morgan fingerprint density at radius 1 is 1.08 bits per heavy atom. The highest BCUT2D eigenvalue weighted by Crippen LogP contribution is 2.28. The Balaban J connectivity index is 1.72. The van der Waals surface area contributed by atoms with Gasteiger partial charge in [-0.1, -0.05) is 0 Å². The average Bonchev–Trinajstić information content (AvgIpc) is 3.07. The Morgan fingerprint density at radius 2 is 1.81 bits per heavy atom. The van der Waals surface area contributed by atoms with E-state index >= 15 is 0 Å². The molecule has 0 aliphatic carbocycles. The Bertz CT molecular complexity index is 880. The van der Waals surface area contributed by atoms with E-state index in [2.05, 4.69) is 31.4 Å². The summed E-state index contributed by atoms with van der Waals surface area (Å²) in [7, 11) is 0. The maximum absolute atomic E-state index is 9.79. The number of imidazole rings is 1. The Hall–Kier alpha value is -2.60. The van der Waals surface area contributed by atoms with Crippen LogP contribution >= 0.6 is 0 Å². The van der Waals surface area contributed by atoms with Gasteiger partial charge in [0.05, 0.1) is 36.5 Å². The van der Waals surface area contributed by atoms with Crippen LogP contribution in [-0.4, -0.2) is 44.8 Å². The normalized spacial score (nSPS) is 15.8. The van der Waals surface area contributed by atoms with Crippen molar-refractivity contribution in [1.29, 1.82) is 0 Å². The van der Waals surface area contributed by atoms with Crippen LogP contribution in [0.3, 0.4) is 0 Å². The summed E-state index contributed by atoms with van der Waals surface area (Å²) in [6.07, 6.45) is 7.06. The number of anilines is 1. The molecule has 26 heavy (non-hydrogen) atoms. The van der Waals surface area contributed by atoms with Crippen LogP contribution in [0.4, 0.5) is 5.82 Å². The zero-order chi connectivity index (χ0) is 18.1. The Kier molecular flexibility index (Phi) is 4.51. The fourth-order valence-corrected chi connectivity index (χ4v) is 3.42. The molecule has 1 fully saturated rings. The molecule has 3 heterocycles. The van der Waals surface area contributed by atoms with Crippen molar-refractivity contribution in [2.75, 3.05) is 18.0 Å². The van der Waals surface area contributed by atoms with Gasteiger partial charge in [0.15, 0.2) is 5.65 Å². The molecule has 0 unspecified atom stereocenters. The molecule has 6 nitrogen and oxygen atoms in total. The van der Waals surface area contributed by atoms with Gasteiger partial charge in [0.25, 0.3) is 0 Å². The van der Waals surface area contributed by atoms with Gasteiger partial charge in [-0.05, 0) is 51.0 Å². The van der Waals surface area contributed by atoms with Gasteiger partial charge in [0.2, 0.25) is 0 Å². The average molecular weight is 352 g/mol. The van der Waals surface area contributed by atoms with Crippen LogP contribution in [0.5, 0.6) is 5.75 Å². The second-order valence-corrected chi connectivity index (χ2v) is 7.01. The molecule has 0 radical (unpaired) electrons. The van der Waals surface area contributed by atoms with Crippen molar-refractivity contribution in [1.82, 2.24) is 14.4 Å². The highest BCUT2D eigenvalue weighted by Gasteiger charge is 2.21. The molecule has 0 bridgehead atoms. The monoisotopic (exact) mass is 352 g/mol. The van der Waals surface area contributed by atoms with Gasteiger partial charge in [0, 0.05) is 18.7 Å². The number of ether oxygens (including phenoxy) is 1. The second-order valence-electron chi connectivity index (χ2n) is 7.01. The lowest BCUT2D eigenvalue weighted by atomic mass is 10.1. The maximum Gasteiger partial charge on any atom is 0.157 e. The lowest BCUT2D eigenvalue weighted by Crippen LogP contribution is -2.36. The molecule has 0 amide bonds. The summed E-state index contributed by atoms with van der Waals surface area (Å²) in [6.45, 7) is 5.68. The number of rotatable bonds is 4. The number of benzene rings is 1. The fraction of sp³-hybridized carbons (Fsp3) is 0.400. The van der Waals surface area contributed by atoms with E-state index in [-0.39, 0.29) is 12.2 Å². The van der Waals surface area contributed by atoms with Gasteiger partial charge in [-0.25, -0.2) is 4.98 Å². The first-order valence-electron chi connectivity index (χ1n) is 9.13. The largest absolute Gasteiger partial charge is 0.491 e. The predicted octanol–water partition coefficient (Wildman–Crippen LogP) is 3.14. The number of hydrogen-bond acceptors (Lipinski definition) is 5. The minimum Gasteiger partial charge on any atom is -0.491 e. The third-order valence-corrected chi connectivity index (χ3v) is 4.71. The van der Waals surface area contributed by atoms with E-state index in [1.807, 2.05) is 38.4 Å². The molecule has 3 aromatic rings. The molecule has 6 heteroatoms. The van der Waals surface area contributed by atoms with Crippen molar-refractivity contribution in [3.63, 3.8) is 0 Å². The predicted molar refractivity (Wildman–Crippen MR) is 102 cm³/mol. The van der Waals surface area contributed by atoms with Gasteiger partial charge < -0.3 is 14.7 Å². The van der Waals surface area contributed by atoms with Crippen LogP contribution in [0, 0.1) is 0 Å². The van der Waals surface area contributed by atoms with Crippen LogP contribution < -0.4 is 9.64 Å². The summed E-state index contributed by atoms with van der Waals surface area (Å²) >= 11 is 0. The number of fused-ring (bicyclic) bond motifs is 1. The Morgan fingerprint density at radius 3 is 2.50 bits per heavy atom. The van der Waals surface area contributed by atoms with Crippen LogP contribution in [0.1, 0.15) is 26.7 Å². The van der Waals surface area contributed by atoms with Gasteiger partial charge in [-0.15, -0.1) is 0 Å². The minimum atomic E-state index is -0.200.